The van der Waals surface area contributed by atoms with Gasteiger partial charge >= 0.3 is 0 Å². The van der Waals surface area contributed by atoms with Crippen LogP contribution in [0.25, 0.3) is 10.9 Å². The first-order valence-corrected chi connectivity index (χ1v) is 9.47. The van der Waals surface area contributed by atoms with Crippen LogP contribution < -0.4 is 10.1 Å². The van der Waals surface area contributed by atoms with Gasteiger partial charge in [0.05, 0.1) is 17.9 Å². The number of thioether (sulfide) groups is 1. The third-order valence-electron chi connectivity index (χ3n) is 4.03. The highest BCUT2D eigenvalue weighted by Crippen LogP contribution is 2.29. The molecule has 4 nitrogen and oxygen atoms in total. The molecule has 26 heavy (non-hydrogen) atoms. The number of amides is 1. The normalized spacial score (nSPS) is 10.8. The number of para-hydroxylation sites is 1. The summed E-state index contributed by atoms with van der Waals surface area (Å²) in [4.78, 5) is 16.9. The largest absolute Gasteiger partial charge is 0.494 e. The number of pyridine rings is 1. The number of halogens is 1. The summed E-state index contributed by atoms with van der Waals surface area (Å²) in [6.45, 7) is 3.96. The Hall–Kier alpha value is -2.24. The fourth-order valence-corrected chi connectivity index (χ4v) is 3.59. The molecular formula is C20H19ClN2O2S. The van der Waals surface area contributed by atoms with E-state index in [0.717, 1.165) is 38.5 Å². The number of anilines is 1. The van der Waals surface area contributed by atoms with E-state index >= 15 is 0 Å². The zero-order valence-electron chi connectivity index (χ0n) is 14.8. The average Bonchev–Trinajstić information content (AvgIpc) is 2.62. The molecule has 1 N–H and O–H groups in total. The second-order valence-corrected chi connectivity index (χ2v) is 7.36. The molecule has 1 amide bonds. The van der Waals surface area contributed by atoms with Crippen LogP contribution in [0.2, 0.25) is 5.02 Å². The lowest BCUT2D eigenvalue weighted by Crippen LogP contribution is -2.15. The van der Waals surface area contributed by atoms with E-state index in [1.807, 2.05) is 44.2 Å². The maximum Gasteiger partial charge on any atom is 0.234 e. The molecule has 1 heterocycles. The number of methoxy groups -OCH3 is 1. The third kappa shape index (κ3) is 4.11. The number of fused-ring (bicyclic) bond motifs is 1. The van der Waals surface area contributed by atoms with E-state index in [2.05, 4.69) is 10.3 Å². The van der Waals surface area contributed by atoms with Crippen LogP contribution in [0.1, 0.15) is 11.1 Å². The van der Waals surface area contributed by atoms with E-state index in [-0.39, 0.29) is 11.7 Å². The molecule has 2 aromatic carbocycles. The van der Waals surface area contributed by atoms with Crippen molar-refractivity contribution < 1.29 is 9.53 Å². The molecule has 0 aliphatic rings. The van der Waals surface area contributed by atoms with Gasteiger partial charge in [0, 0.05) is 16.1 Å². The molecule has 0 saturated carbocycles. The number of carbonyl (C=O) groups is 1. The summed E-state index contributed by atoms with van der Waals surface area (Å²) in [6, 6.07) is 13.3. The van der Waals surface area contributed by atoms with Crippen molar-refractivity contribution in [2.75, 3.05) is 18.2 Å². The van der Waals surface area contributed by atoms with Crippen molar-refractivity contribution >= 4 is 45.9 Å². The SMILES string of the molecule is COc1cccc2c(C)cc(SCC(=O)Nc3cc(Cl)ccc3C)nc12. The average molecular weight is 387 g/mol. The van der Waals surface area contributed by atoms with Gasteiger partial charge in [0.1, 0.15) is 11.3 Å². The first kappa shape index (κ1) is 18.5. The van der Waals surface area contributed by atoms with Crippen LogP contribution in [-0.4, -0.2) is 23.8 Å². The van der Waals surface area contributed by atoms with Crippen LogP contribution >= 0.6 is 23.4 Å². The molecular weight excluding hydrogens is 368 g/mol. The molecule has 0 aliphatic heterocycles. The van der Waals surface area contributed by atoms with Gasteiger partial charge in [-0.3, -0.25) is 4.79 Å². The van der Waals surface area contributed by atoms with Gasteiger partial charge in [-0.2, -0.15) is 0 Å². The molecule has 134 valence electrons. The van der Waals surface area contributed by atoms with Gasteiger partial charge in [-0.25, -0.2) is 4.98 Å². The van der Waals surface area contributed by atoms with Crippen LogP contribution in [0.4, 0.5) is 5.69 Å². The Labute approximate surface area is 161 Å². The first-order chi connectivity index (χ1) is 12.5. The van der Waals surface area contributed by atoms with Crippen molar-refractivity contribution in [3.8, 4) is 5.75 Å². The van der Waals surface area contributed by atoms with Crippen molar-refractivity contribution in [2.45, 2.75) is 18.9 Å². The highest BCUT2D eigenvalue weighted by atomic mass is 35.5. The predicted octanol–water partition coefficient (Wildman–Crippen LogP) is 5.24. The number of aryl methyl sites for hydroxylation is 2. The van der Waals surface area contributed by atoms with E-state index in [1.54, 1.807) is 19.2 Å². The number of aromatic nitrogens is 1. The molecule has 1 aromatic heterocycles. The quantitative estimate of drug-likeness (QED) is 0.609. The summed E-state index contributed by atoms with van der Waals surface area (Å²) in [7, 11) is 1.63. The summed E-state index contributed by atoms with van der Waals surface area (Å²) in [5.74, 6) is 0.894. The van der Waals surface area contributed by atoms with Gasteiger partial charge in [-0.05, 0) is 49.2 Å². The molecule has 0 radical (unpaired) electrons. The molecule has 0 bridgehead atoms. The molecule has 3 aromatic rings. The van der Waals surface area contributed by atoms with Gasteiger partial charge in [-0.1, -0.05) is 41.6 Å². The Bertz CT molecular complexity index is 975. The fraction of sp³-hybridized carbons (Fsp3) is 0.200. The summed E-state index contributed by atoms with van der Waals surface area (Å²) in [5, 5.41) is 5.33. The highest BCUT2D eigenvalue weighted by molar-refractivity contribution is 7.99. The van der Waals surface area contributed by atoms with Crippen LogP contribution in [0, 0.1) is 13.8 Å². The van der Waals surface area contributed by atoms with Gasteiger partial charge in [0.2, 0.25) is 5.91 Å². The lowest BCUT2D eigenvalue weighted by molar-refractivity contribution is -0.113. The van der Waals surface area contributed by atoms with Crippen molar-refractivity contribution in [1.29, 1.82) is 0 Å². The predicted molar refractivity (Wildman–Crippen MR) is 109 cm³/mol. The number of nitrogens with zero attached hydrogens (tertiary/aromatic N) is 1. The van der Waals surface area contributed by atoms with Gasteiger partial charge in [-0.15, -0.1) is 0 Å². The lowest BCUT2D eigenvalue weighted by atomic mass is 10.1. The second kappa shape index (κ2) is 7.98. The Kier molecular flexibility index (Phi) is 5.69. The summed E-state index contributed by atoms with van der Waals surface area (Å²) in [5.41, 5.74) is 3.61. The lowest BCUT2D eigenvalue weighted by Gasteiger charge is -2.10. The number of benzene rings is 2. The van der Waals surface area contributed by atoms with E-state index < -0.39 is 0 Å². The van der Waals surface area contributed by atoms with Gasteiger partial charge < -0.3 is 10.1 Å². The van der Waals surface area contributed by atoms with E-state index in [4.69, 9.17) is 16.3 Å². The Balaban J connectivity index is 1.75. The minimum absolute atomic E-state index is 0.0973. The fourth-order valence-electron chi connectivity index (χ4n) is 2.65. The number of ether oxygens (including phenoxy) is 1. The highest BCUT2D eigenvalue weighted by Gasteiger charge is 2.11. The Morgan fingerprint density at radius 2 is 2.00 bits per heavy atom. The summed E-state index contributed by atoms with van der Waals surface area (Å²) in [6.07, 6.45) is 0. The summed E-state index contributed by atoms with van der Waals surface area (Å²) < 4.78 is 5.40. The first-order valence-electron chi connectivity index (χ1n) is 8.11. The van der Waals surface area contributed by atoms with Gasteiger partial charge in [0.15, 0.2) is 0 Å². The van der Waals surface area contributed by atoms with Crippen molar-refractivity contribution in [2.24, 2.45) is 0 Å². The van der Waals surface area contributed by atoms with Crippen LogP contribution in [-0.2, 0) is 4.79 Å². The standard InChI is InChI=1S/C20H19ClN2O2S/c1-12-7-8-14(21)10-16(12)22-18(24)11-26-19-9-13(2)15-5-4-6-17(25-3)20(15)23-19/h4-10H,11H2,1-3H3,(H,22,24). The molecule has 0 unspecified atom stereocenters. The second-order valence-electron chi connectivity index (χ2n) is 5.93. The number of hydrogen-bond acceptors (Lipinski definition) is 4. The minimum atomic E-state index is -0.0973. The number of carbonyl (C=O) groups excluding carboxylic acids is 1. The van der Waals surface area contributed by atoms with Crippen molar-refractivity contribution in [3.63, 3.8) is 0 Å². The topological polar surface area (TPSA) is 51.2 Å². The monoisotopic (exact) mass is 386 g/mol. The molecule has 0 atom stereocenters. The zero-order chi connectivity index (χ0) is 18.7. The van der Waals surface area contributed by atoms with E-state index in [1.165, 1.54) is 11.8 Å². The van der Waals surface area contributed by atoms with Crippen LogP contribution in [0.15, 0.2) is 47.5 Å². The van der Waals surface area contributed by atoms with Gasteiger partial charge in [0.25, 0.3) is 0 Å². The maximum atomic E-state index is 12.3. The molecule has 0 aliphatic carbocycles. The van der Waals surface area contributed by atoms with E-state index in [0.29, 0.717) is 5.02 Å². The Morgan fingerprint density at radius 3 is 2.77 bits per heavy atom. The molecule has 6 heteroatoms. The molecule has 0 fully saturated rings. The Morgan fingerprint density at radius 1 is 1.19 bits per heavy atom. The maximum absolute atomic E-state index is 12.3. The van der Waals surface area contributed by atoms with E-state index in [9.17, 15) is 4.79 Å². The van der Waals surface area contributed by atoms with Crippen LogP contribution in [0.5, 0.6) is 5.75 Å². The summed E-state index contributed by atoms with van der Waals surface area (Å²) >= 11 is 7.39. The molecule has 0 spiro atoms. The zero-order valence-corrected chi connectivity index (χ0v) is 16.4. The number of rotatable bonds is 5. The molecule has 0 saturated heterocycles. The number of nitrogens with one attached hydrogen (secondary N) is 1. The smallest absolute Gasteiger partial charge is 0.234 e. The van der Waals surface area contributed by atoms with Crippen molar-refractivity contribution in [1.82, 2.24) is 4.98 Å². The minimum Gasteiger partial charge on any atom is -0.494 e. The number of hydrogen-bond donors (Lipinski definition) is 1. The third-order valence-corrected chi connectivity index (χ3v) is 5.18. The van der Waals surface area contributed by atoms with Crippen LogP contribution in [0.3, 0.4) is 0 Å². The molecule has 3 rings (SSSR count). The van der Waals surface area contributed by atoms with Crippen molar-refractivity contribution in [3.05, 3.63) is 58.6 Å².